The van der Waals surface area contributed by atoms with Gasteiger partial charge in [0.05, 0.1) is 16.8 Å². The molecule has 248 valence electrons. The number of nitrogens with one attached hydrogen (secondary N) is 1. The molecule has 3 saturated carbocycles. The first-order valence-electron chi connectivity index (χ1n) is 15.8. The topological polar surface area (TPSA) is 153 Å². The molecule has 0 unspecified atom stereocenters. The van der Waals surface area contributed by atoms with E-state index in [0.29, 0.717) is 29.0 Å². The summed E-state index contributed by atoms with van der Waals surface area (Å²) >= 11 is 1.25. The summed E-state index contributed by atoms with van der Waals surface area (Å²) in [4.78, 5) is 40.7. The van der Waals surface area contributed by atoms with Gasteiger partial charge in [0, 0.05) is 39.3 Å². The van der Waals surface area contributed by atoms with E-state index in [1.165, 1.54) is 36.0 Å². The standard InChI is InChI=1S/C35H44N2O7S2/c1-6-33(4)19-28(34(5)21(2)14-16-35(22(3)31(33)40)17-15-27(38)30(34)35)44-29(39)20-45-25-9-7-8-23(18-25)32(41)37-24-10-12-26(13-11-24)46(36,42)43/h6-13,18,21-22,28,30-31,40H,1,14-17,19-20H2,2-5H3,(H,37,41)(H2,36,42,43)/t21-,22+,28-,30+,31+,33-,34+,35+/m1/s1. The Labute approximate surface area is 275 Å². The Balaban J connectivity index is 1.32. The summed E-state index contributed by atoms with van der Waals surface area (Å²) in [5.74, 6) is -0.875. The van der Waals surface area contributed by atoms with E-state index in [4.69, 9.17) is 9.88 Å². The van der Waals surface area contributed by atoms with Crippen LogP contribution in [0.5, 0.6) is 0 Å². The maximum atomic E-state index is 13.6. The van der Waals surface area contributed by atoms with E-state index in [0.717, 1.165) is 19.3 Å². The van der Waals surface area contributed by atoms with Crippen LogP contribution in [-0.4, -0.2) is 49.1 Å². The van der Waals surface area contributed by atoms with Gasteiger partial charge >= 0.3 is 5.97 Å². The van der Waals surface area contributed by atoms with Crippen LogP contribution in [0.1, 0.15) is 70.2 Å². The van der Waals surface area contributed by atoms with Crippen LogP contribution in [-0.2, 0) is 24.3 Å². The molecule has 3 fully saturated rings. The highest BCUT2D eigenvalue weighted by atomic mass is 32.2. The number of nitrogens with two attached hydrogens (primary N) is 1. The van der Waals surface area contributed by atoms with E-state index < -0.39 is 44.9 Å². The molecule has 3 aliphatic rings. The van der Waals surface area contributed by atoms with Gasteiger partial charge in [-0.25, -0.2) is 13.6 Å². The predicted octanol–water partition coefficient (Wildman–Crippen LogP) is 5.58. The summed E-state index contributed by atoms with van der Waals surface area (Å²) in [7, 11) is -3.84. The van der Waals surface area contributed by atoms with Crippen LogP contribution in [0.3, 0.4) is 0 Å². The third-order valence-corrected chi connectivity index (χ3v) is 13.4. The first kappa shape index (κ1) is 34.3. The number of esters is 1. The molecule has 46 heavy (non-hydrogen) atoms. The summed E-state index contributed by atoms with van der Waals surface area (Å²) in [5.41, 5.74) is -0.875. The highest BCUT2D eigenvalue weighted by molar-refractivity contribution is 8.00. The first-order chi connectivity index (χ1) is 21.5. The molecule has 8 atom stereocenters. The lowest BCUT2D eigenvalue weighted by Gasteiger charge is -2.61. The second kappa shape index (κ2) is 12.6. The van der Waals surface area contributed by atoms with Gasteiger partial charge in [0.15, 0.2) is 0 Å². The van der Waals surface area contributed by atoms with Crippen molar-refractivity contribution < 1.29 is 32.6 Å². The summed E-state index contributed by atoms with van der Waals surface area (Å²) in [6.07, 6.45) is 3.82. The maximum absolute atomic E-state index is 13.6. The van der Waals surface area contributed by atoms with Crippen LogP contribution < -0.4 is 10.5 Å². The molecule has 1 amide bonds. The average Bonchev–Trinajstić information content (AvgIpc) is 3.38. The molecule has 2 bridgehead atoms. The van der Waals surface area contributed by atoms with Gasteiger partial charge in [-0.1, -0.05) is 39.8 Å². The lowest BCUT2D eigenvalue weighted by atomic mass is 9.44. The Bertz CT molecular complexity index is 1640. The van der Waals surface area contributed by atoms with E-state index in [9.17, 15) is 27.9 Å². The molecule has 2 aromatic carbocycles. The number of aliphatic hydroxyl groups excluding tert-OH is 1. The summed E-state index contributed by atoms with van der Waals surface area (Å²) in [6, 6.07) is 12.4. The number of hydrogen-bond donors (Lipinski definition) is 3. The monoisotopic (exact) mass is 668 g/mol. The van der Waals surface area contributed by atoms with Gasteiger partial charge in [-0.2, -0.15) is 0 Å². The Morgan fingerprint density at radius 2 is 1.85 bits per heavy atom. The molecule has 9 nitrogen and oxygen atoms in total. The Kier molecular flexibility index (Phi) is 9.38. The number of carbonyl (C=O) groups excluding carboxylic acids is 3. The Morgan fingerprint density at radius 3 is 2.50 bits per heavy atom. The van der Waals surface area contributed by atoms with Gasteiger partial charge in [0.2, 0.25) is 10.0 Å². The smallest absolute Gasteiger partial charge is 0.316 e. The Morgan fingerprint density at radius 1 is 1.15 bits per heavy atom. The number of ketones is 1. The van der Waals surface area contributed by atoms with Crippen LogP contribution in [0.25, 0.3) is 0 Å². The van der Waals surface area contributed by atoms with Crippen LogP contribution >= 0.6 is 11.8 Å². The lowest BCUT2D eigenvalue weighted by Crippen LogP contribution is -2.63. The molecule has 0 heterocycles. The van der Waals surface area contributed by atoms with Crippen molar-refractivity contribution >= 4 is 45.1 Å². The highest BCUT2D eigenvalue weighted by Gasteiger charge is 2.68. The van der Waals surface area contributed by atoms with Gasteiger partial charge in [-0.3, -0.25) is 14.4 Å². The number of Topliss-reactive ketones (excluding diaryl/α,β-unsaturated/α-hetero) is 1. The number of sulfonamides is 1. The third-order valence-electron chi connectivity index (χ3n) is 11.5. The van der Waals surface area contributed by atoms with Gasteiger partial charge < -0.3 is 15.2 Å². The van der Waals surface area contributed by atoms with Crippen LogP contribution in [0.15, 0.2) is 71.0 Å². The second-order valence-corrected chi connectivity index (χ2v) is 16.5. The molecule has 2 aromatic rings. The molecular formula is C35H44N2O7S2. The third kappa shape index (κ3) is 6.07. The zero-order valence-corrected chi connectivity index (χ0v) is 28.5. The number of carbonyl (C=O) groups is 3. The summed E-state index contributed by atoms with van der Waals surface area (Å²) < 4.78 is 29.3. The number of thioether (sulfide) groups is 1. The van der Waals surface area contributed by atoms with E-state index >= 15 is 0 Å². The fourth-order valence-electron chi connectivity index (χ4n) is 8.49. The number of anilines is 1. The fourth-order valence-corrected chi connectivity index (χ4v) is 9.75. The van der Waals surface area contributed by atoms with E-state index in [2.05, 4.69) is 32.7 Å². The van der Waals surface area contributed by atoms with Crippen LogP contribution in [0.4, 0.5) is 5.69 Å². The maximum Gasteiger partial charge on any atom is 0.316 e. The SMILES string of the molecule is C=C[C@]1(C)C[C@@H](OC(=O)CSc2cccc(C(=O)Nc3ccc(S(N)(=O)=O)cc3)c2)[C@]2(C)[C@H](C)CC[C@]3(CCC(=O)[C@H]32)[C@@H](C)[C@@H]1O. The number of amides is 1. The van der Waals surface area contributed by atoms with Crippen molar-refractivity contribution in [2.24, 2.45) is 39.1 Å². The highest BCUT2D eigenvalue weighted by Crippen LogP contribution is 2.68. The van der Waals surface area contributed by atoms with E-state index in [-0.39, 0.29) is 39.6 Å². The van der Waals surface area contributed by atoms with E-state index in [1.54, 1.807) is 30.3 Å². The molecule has 0 spiro atoms. The molecule has 0 aliphatic heterocycles. The zero-order valence-electron chi connectivity index (χ0n) is 26.8. The fraction of sp³-hybridized carbons (Fsp3) is 0.514. The van der Waals surface area contributed by atoms with Gasteiger partial charge in [-0.05, 0) is 85.4 Å². The van der Waals surface area contributed by atoms with Gasteiger partial charge in [-0.15, -0.1) is 18.3 Å². The zero-order chi connectivity index (χ0) is 33.7. The molecule has 3 aliphatic carbocycles. The van der Waals surface area contributed by atoms with Gasteiger partial charge in [0.1, 0.15) is 11.9 Å². The number of rotatable bonds is 8. The van der Waals surface area contributed by atoms with E-state index in [1.807, 2.05) is 6.92 Å². The van der Waals surface area contributed by atoms with Crippen molar-refractivity contribution in [3.63, 3.8) is 0 Å². The van der Waals surface area contributed by atoms with Crippen molar-refractivity contribution in [1.29, 1.82) is 0 Å². The van der Waals surface area contributed by atoms with Crippen molar-refractivity contribution in [2.45, 2.75) is 81.8 Å². The van der Waals surface area contributed by atoms with Crippen LogP contribution in [0, 0.1) is 34.0 Å². The van der Waals surface area contributed by atoms with Crippen molar-refractivity contribution in [3.05, 3.63) is 66.7 Å². The summed E-state index contributed by atoms with van der Waals surface area (Å²) in [6.45, 7) is 12.4. The number of ether oxygens (including phenoxy) is 1. The normalized spacial score (nSPS) is 34.1. The van der Waals surface area contributed by atoms with Crippen molar-refractivity contribution in [2.75, 3.05) is 11.1 Å². The first-order valence-corrected chi connectivity index (χ1v) is 18.3. The largest absolute Gasteiger partial charge is 0.461 e. The molecule has 4 N–H and O–H groups in total. The van der Waals surface area contributed by atoms with Crippen molar-refractivity contribution in [3.8, 4) is 0 Å². The molecule has 0 radical (unpaired) electrons. The van der Waals surface area contributed by atoms with Gasteiger partial charge in [0.25, 0.3) is 5.91 Å². The molecule has 11 heteroatoms. The van der Waals surface area contributed by atoms with Crippen molar-refractivity contribution in [1.82, 2.24) is 0 Å². The molecule has 0 saturated heterocycles. The number of primary sulfonamides is 1. The lowest BCUT2D eigenvalue weighted by molar-refractivity contribution is -0.205. The minimum absolute atomic E-state index is 0.00538. The van der Waals surface area contributed by atoms with Crippen LogP contribution in [0.2, 0.25) is 0 Å². The molecule has 5 rings (SSSR count). The number of hydrogen-bond acceptors (Lipinski definition) is 8. The number of aliphatic hydroxyl groups is 1. The quantitative estimate of drug-likeness (QED) is 0.187. The minimum atomic E-state index is -3.84. The minimum Gasteiger partial charge on any atom is -0.461 e. The average molecular weight is 669 g/mol. The Hall–Kier alpha value is -2.99. The molecule has 0 aromatic heterocycles. The molecular weight excluding hydrogens is 625 g/mol. The summed E-state index contributed by atoms with van der Waals surface area (Å²) in [5, 5.41) is 19.6. The second-order valence-electron chi connectivity index (χ2n) is 13.9. The number of benzene rings is 2. The predicted molar refractivity (Wildman–Crippen MR) is 178 cm³/mol.